The summed E-state index contributed by atoms with van der Waals surface area (Å²) in [6, 6.07) is 13.8. The number of aryl methyl sites for hydroxylation is 2. The Morgan fingerprint density at radius 1 is 0.941 bits per heavy atom. The number of rotatable bonds is 2. The summed E-state index contributed by atoms with van der Waals surface area (Å²) < 4.78 is 0. The van der Waals surface area contributed by atoms with Gasteiger partial charge < -0.3 is 5.73 Å². The zero-order valence-corrected chi connectivity index (χ0v) is 10.0. The molecule has 86 valence electrons. The molecule has 0 spiro atoms. The van der Waals surface area contributed by atoms with Crippen molar-refractivity contribution in [3.05, 3.63) is 59.2 Å². The highest BCUT2D eigenvalue weighted by molar-refractivity contribution is 6.00. The van der Waals surface area contributed by atoms with Crippen molar-refractivity contribution in [3.63, 3.8) is 0 Å². The number of hydrogen-bond acceptors (Lipinski definition) is 1. The molecular weight excluding hydrogens is 210 g/mol. The number of nitrogens with two attached hydrogens (primary N) is 1. The molecule has 0 heterocycles. The van der Waals surface area contributed by atoms with E-state index < -0.39 is 0 Å². The Hall–Kier alpha value is -2.09. The van der Waals surface area contributed by atoms with Crippen molar-refractivity contribution in [2.75, 3.05) is 0 Å². The van der Waals surface area contributed by atoms with Crippen molar-refractivity contribution in [3.8, 4) is 11.1 Å². The summed E-state index contributed by atoms with van der Waals surface area (Å²) >= 11 is 0. The molecule has 0 aliphatic carbocycles. The molecule has 0 atom stereocenters. The molecule has 0 bridgehead atoms. The quantitative estimate of drug-likeness (QED) is 0.838. The molecule has 0 unspecified atom stereocenters. The van der Waals surface area contributed by atoms with Crippen LogP contribution in [-0.2, 0) is 0 Å². The van der Waals surface area contributed by atoms with E-state index in [4.69, 9.17) is 5.73 Å². The van der Waals surface area contributed by atoms with Crippen LogP contribution in [0.5, 0.6) is 0 Å². The van der Waals surface area contributed by atoms with Crippen LogP contribution in [0.15, 0.2) is 42.5 Å². The third kappa shape index (κ3) is 2.36. The van der Waals surface area contributed by atoms with Crippen molar-refractivity contribution in [2.24, 2.45) is 5.73 Å². The Morgan fingerprint density at radius 3 is 2.12 bits per heavy atom. The minimum atomic E-state index is -0.385. The zero-order chi connectivity index (χ0) is 12.4. The van der Waals surface area contributed by atoms with Gasteiger partial charge in [-0.3, -0.25) is 4.79 Å². The lowest BCUT2D eigenvalue weighted by atomic mass is 9.97. The first kappa shape index (κ1) is 11.4. The lowest BCUT2D eigenvalue weighted by molar-refractivity contribution is 0.100. The molecule has 1 amide bonds. The second-order valence-corrected chi connectivity index (χ2v) is 4.28. The molecule has 2 aromatic carbocycles. The highest BCUT2D eigenvalue weighted by atomic mass is 16.1. The number of carbonyl (C=O) groups is 1. The van der Waals surface area contributed by atoms with Crippen LogP contribution in [0.2, 0.25) is 0 Å². The van der Waals surface area contributed by atoms with E-state index in [1.165, 1.54) is 5.56 Å². The molecule has 0 aromatic heterocycles. The Balaban J connectivity index is 2.58. The fraction of sp³-hybridized carbons (Fsp3) is 0.133. The van der Waals surface area contributed by atoms with Crippen LogP contribution in [-0.4, -0.2) is 5.91 Å². The fourth-order valence-corrected chi connectivity index (χ4v) is 1.85. The summed E-state index contributed by atoms with van der Waals surface area (Å²) in [5, 5.41) is 0. The van der Waals surface area contributed by atoms with Crippen molar-refractivity contribution in [1.29, 1.82) is 0 Å². The average molecular weight is 225 g/mol. The predicted octanol–water partition coefficient (Wildman–Crippen LogP) is 3.07. The van der Waals surface area contributed by atoms with Crippen LogP contribution in [0.4, 0.5) is 0 Å². The van der Waals surface area contributed by atoms with Gasteiger partial charge in [0.05, 0.1) is 0 Å². The molecule has 17 heavy (non-hydrogen) atoms. The van der Waals surface area contributed by atoms with E-state index in [1.54, 1.807) is 0 Å². The molecule has 2 aromatic rings. The molecular formula is C15H15NO. The van der Waals surface area contributed by atoms with Gasteiger partial charge in [0.15, 0.2) is 0 Å². The smallest absolute Gasteiger partial charge is 0.249 e. The van der Waals surface area contributed by atoms with E-state index in [1.807, 2.05) is 56.3 Å². The van der Waals surface area contributed by atoms with Crippen LogP contribution in [0.3, 0.4) is 0 Å². The zero-order valence-electron chi connectivity index (χ0n) is 10.0. The maximum absolute atomic E-state index is 11.4. The van der Waals surface area contributed by atoms with E-state index in [0.29, 0.717) is 5.56 Å². The van der Waals surface area contributed by atoms with Gasteiger partial charge in [0.2, 0.25) is 5.91 Å². The monoisotopic (exact) mass is 225 g/mol. The Bertz CT molecular complexity index is 556. The number of benzene rings is 2. The highest BCUT2D eigenvalue weighted by Gasteiger charge is 2.09. The lowest BCUT2D eigenvalue weighted by Gasteiger charge is -2.08. The second-order valence-electron chi connectivity index (χ2n) is 4.28. The highest BCUT2D eigenvalue weighted by Crippen LogP contribution is 2.24. The van der Waals surface area contributed by atoms with Gasteiger partial charge in [0.25, 0.3) is 0 Å². The van der Waals surface area contributed by atoms with Crippen LogP contribution < -0.4 is 5.73 Å². The summed E-state index contributed by atoms with van der Waals surface area (Å²) in [7, 11) is 0. The van der Waals surface area contributed by atoms with Crippen molar-refractivity contribution in [2.45, 2.75) is 13.8 Å². The first-order valence-corrected chi connectivity index (χ1v) is 5.55. The van der Waals surface area contributed by atoms with E-state index in [-0.39, 0.29) is 5.91 Å². The number of hydrogen-bond donors (Lipinski definition) is 1. The first-order valence-electron chi connectivity index (χ1n) is 5.55. The van der Waals surface area contributed by atoms with Crippen LogP contribution in [0.1, 0.15) is 21.5 Å². The second kappa shape index (κ2) is 4.42. The summed E-state index contributed by atoms with van der Waals surface area (Å²) in [4.78, 5) is 11.4. The van der Waals surface area contributed by atoms with Gasteiger partial charge >= 0.3 is 0 Å². The minimum Gasteiger partial charge on any atom is -0.366 e. The lowest BCUT2D eigenvalue weighted by Crippen LogP contribution is -2.12. The van der Waals surface area contributed by atoms with Crippen LogP contribution in [0, 0.1) is 13.8 Å². The Labute approximate surface area is 101 Å². The molecule has 0 fully saturated rings. The van der Waals surface area contributed by atoms with E-state index in [2.05, 4.69) is 0 Å². The summed E-state index contributed by atoms with van der Waals surface area (Å²) in [6.45, 7) is 3.99. The molecule has 0 aliphatic rings. The summed E-state index contributed by atoms with van der Waals surface area (Å²) in [5.74, 6) is -0.385. The first-order chi connectivity index (χ1) is 8.08. The standard InChI is InChI=1S/C15H15NO/c1-10-3-6-12(7-4-10)13-8-5-11(2)9-14(13)15(16)17/h3-9H,1-2H3,(H2,16,17). The van der Waals surface area contributed by atoms with Gasteiger partial charge in [0, 0.05) is 5.56 Å². The third-order valence-corrected chi connectivity index (χ3v) is 2.80. The minimum absolute atomic E-state index is 0.385. The Kier molecular flexibility index (Phi) is 2.96. The SMILES string of the molecule is Cc1ccc(-c2ccc(C)cc2C(N)=O)cc1. The normalized spacial score (nSPS) is 10.2. The topological polar surface area (TPSA) is 43.1 Å². The number of primary amides is 1. The predicted molar refractivity (Wildman–Crippen MR) is 69.9 cm³/mol. The average Bonchev–Trinajstić information content (AvgIpc) is 2.30. The van der Waals surface area contributed by atoms with Gasteiger partial charge in [0.1, 0.15) is 0 Å². The third-order valence-electron chi connectivity index (χ3n) is 2.80. The fourth-order valence-electron chi connectivity index (χ4n) is 1.85. The molecule has 2 rings (SSSR count). The van der Waals surface area contributed by atoms with Gasteiger partial charge in [-0.25, -0.2) is 0 Å². The summed E-state index contributed by atoms with van der Waals surface area (Å²) in [6.07, 6.45) is 0. The largest absolute Gasteiger partial charge is 0.366 e. The molecule has 2 N–H and O–H groups in total. The molecule has 0 radical (unpaired) electrons. The Morgan fingerprint density at radius 2 is 1.53 bits per heavy atom. The van der Waals surface area contributed by atoms with Gasteiger partial charge in [-0.2, -0.15) is 0 Å². The molecule has 0 saturated carbocycles. The van der Waals surface area contributed by atoms with Crippen molar-refractivity contribution >= 4 is 5.91 Å². The van der Waals surface area contributed by atoms with E-state index >= 15 is 0 Å². The molecule has 2 heteroatoms. The van der Waals surface area contributed by atoms with Gasteiger partial charge in [-0.1, -0.05) is 47.5 Å². The van der Waals surface area contributed by atoms with Gasteiger partial charge in [-0.05, 0) is 31.0 Å². The van der Waals surface area contributed by atoms with Crippen molar-refractivity contribution in [1.82, 2.24) is 0 Å². The maximum Gasteiger partial charge on any atom is 0.249 e. The summed E-state index contributed by atoms with van der Waals surface area (Å²) in [5.41, 5.74) is 10.1. The molecule has 2 nitrogen and oxygen atoms in total. The molecule has 0 saturated heterocycles. The maximum atomic E-state index is 11.4. The van der Waals surface area contributed by atoms with Crippen molar-refractivity contribution < 1.29 is 4.79 Å². The van der Waals surface area contributed by atoms with E-state index in [9.17, 15) is 4.79 Å². The van der Waals surface area contributed by atoms with Gasteiger partial charge in [-0.15, -0.1) is 0 Å². The van der Waals surface area contributed by atoms with Crippen LogP contribution in [0.25, 0.3) is 11.1 Å². The number of amides is 1. The van der Waals surface area contributed by atoms with Crippen LogP contribution >= 0.6 is 0 Å². The number of carbonyl (C=O) groups excluding carboxylic acids is 1. The van der Waals surface area contributed by atoms with E-state index in [0.717, 1.165) is 16.7 Å². The molecule has 0 aliphatic heterocycles.